The Balaban J connectivity index is 1.39. The summed E-state index contributed by atoms with van der Waals surface area (Å²) in [5, 5.41) is 0. The van der Waals surface area contributed by atoms with Crippen LogP contribution in [0.5, 0.6) is 0 Å². The van der Waals surface area contributed by atoms with Crippen LogP contribution < -0.4 is 4.90 Å². The molecule has 1 aromatic carbocycles. The summed E-state index contributed by atoms with van der Waals surface area (Å²) < 4.78 is 0. The Morgan fingerprint density at radius 2 is 1.73 bits per heavy atom. The van der Waals surface area contributed by atoms with Crippen molar-refractivity contribution in [2.45, 2.75) is 32.4 Å². The van der Waals surface area contributed by atoms with Gasteiger partial charge in [0.1, 0.15) is 5.82 Å². The molecule has 5 nitrogen and oxygen atoms in total. The third-order valence-corrected chi connectivity index (χ3v) is 5.77. The number of aromatic nitrogens is 2. The van der Waals surface area contributed by atoms with Crippen molar-refractivity contribution in [3.8, 4) is 11.3 Å². The fourth-order valence-electron chi connectivity index (χ4n) is 3.89. The second-order valence-electron chi connectivity index (χ2n) is 7.72. The third kappa shape index (κ3) is 3.89. The molecule has 4 rings (SSSR count). The SMILES string of the molecule is C[C@@H]1CN(Cc2ccc(-c3cnc(N4CCCC4)cn3)cc2)CCN1C. The number of anilines is 1. The molecule has 2 aliphatic heterocycles. The van der Waals surface area contributed by atoms with E-state index >= 15 is 0 Å². The number of hydrogen-bond donors (Lipinski definition) is 0. The lowest BCUT2D eigenvalue weighted by molar-refractivity contribution is 0.1000. The Labute approximate surface area is 156 Å². The molecule has 0 N–H and O–H groups in total. The van der Waals surface area contributed by atoms with Crippen molar-refractivity contribution in [1.29, 1.82) is 0 Å². The Bertz CT molecular complexity index is 706. The van der Waals surface area contributed by atoms with Crippen LogP contribution in [0.1, 0.15) is 25.3 Å². The molecule has 2 aliphatic rings. The summed E-state index contributed by atoms with van der Waals surface area (Å²) in [7, 11) is 2.22. The molecule has 2 fully saturated rings. The molecule has 1 aromatic heterocycles. The Hall–Kier alpha value is -1.98. The second-order valence-corrected chi connectivity index (χ2v) is 7.72. The van der Waals surface area contributed by atoms with Crippen molar-refractivity contribution >= 4 is 5.82 Å². The molecule has 0 bridgehead atoms. The quantitative estimate of drug-likeness (QED) is 0.846. The highest BCUT2D eigenvalue weighted by atomic mass is 15.3. The molecule has 138 valence electrons. The first-order valence-electron chi connectivity index (χ1n) is 9.78. The number of nitrogens with zero attached hydrogens (tertiary/aromatic N) is 5. The summed E-state index contributed by atoms with van der Waals surface area (Å²) in [6.07, 6.45) is 6.35. The van der Waals surface area contributed by atoms with Crippen molar-refractivity contribution in [2.24, 2.45) is 0 Å². The number of likely N-dealkylation sites (N-methyl/N-ethyl adjacent to an activating group) is 1. The van der Waals surface area contributed by atoms with Gasteiger partial charge in [-0.05, 0) is 32.4 Å². The second kappa shape index (κ2) is 7.72. The Morgan fingerprint density at radius 3 is 2.38 bits per heavy atom. The van der Waals surface area contributed by atoms with Crippen LogP contribution in [0, 0.1) is 0 Å². The highest BCUT2D eigenvalue weighted by Crippen LogP contribution is 2.21. The van der Waals surface area contributed by atoms with E-state index in [2.05, 4.69) is 62.9 Å². The first-order chi connectivity index (χ1) is 12.7. The van der Waals surface area contributed by atoms with Crippen LogP contribution in [0.3, 0.4) is 0 Å². The smallest absolute Gasteiger partial charge is 0.147 e. The zero-order chi connectivity index (χ0) is 17.9. The van der Waals surface area contributed by atoms with Gasteiger partial charge in [-0.2, -0.15) is 0 Å². The van der Waals surface area contributed by atoms with E-state index < -0.39 is 0 Å². The summed E-state index contributed by atoms with van der Waals surface area (Å²) in [5.74, 6) is 1.01. The average molecular weight is 351 g/mol. The number of rotatable bonds is 4. The Kier molecular flexibility index (Phi) is 5.18. The molecule has 1 atom stereocenters. The molecule has 0 spiro atoms. The fourth-order valence-corrected chi connectivity index (χ4v) is 3.89. The van der Waals surface area contributed by atoms with Crippen LogP contribution >= 0.6 is 0 Å². The number of benzene rings is 1. The summed E-state index contributed by atoms with van der Waals surface area (Å²) in [6, 6.07) is 9.44. The van der Waals surface area contributed by atoms with Gasteiger partial charge in [0.05, 0.1) is 18.1 Å². The molecule has 2 aromatic rings. The van der Waals surface area contributed by atoms with Gasteiger partial charge in [-0.25, -0.2) is 4.98 Å². The average Bonchev–Trinajstić information content (AvgIpc) is 3.20. The molecule has 5 heteroatoms. The lowest BCUT2D eigenvalue weighted by Gasteiger charge is -2.37. The topological polar surface area (TPSA) is 35.5 Å². The molecule has 0 aliphatic carbocycles. The van der Waals surface area contributed by atoms with Crippen LogP contribution in [0.2, 0.25) is 0 Å². The van der Waals surface area contributed by atoms with Gasteiger partial charge < -0.3 is 9.80 Å². The maximum atomic E-state index is 4.64. The maximum absolute atomic E-state index is 4.64. The van der Waals surface area contributed by atoms with Gasteiger partial charge in [-0.1, -0.05) is 24.3 Å². The standard InChI is InChI=1S/C21H29N5/c1-17-15-25(12-11-24(17)2)16-18-5-7-19(8-6-18)20-13-23-21(14-22-20)26-9-3-4-10-26/h5-8,13-14,17H,3-4,9-12,15-16H2,1-2H3/t17-/m1/s1. The van der Waals surface area contributed by atoms with Gasteiger partial charge in [0.2, 0.25) is 0 Å². The van der Waals surface area contributed by atoms with Crippen molar-refractivity contribution in [2.75, 3.05) is 44.7 Å². The largest absolute Gasteiger partial charge is 0.355 e. The van der Waals surface area contributed by atoms with Crippen molar-refractivity contribution in [1.82, 2.24) is 19.8 Å². The number of piperazine rings is 1. The lowest BCUT2D eigenvalue weighted by atomic mass is 10.1. The van der Waals surface area contributed by atoms with E-state index in [9.17, 15) is 0 Å². The van der Waals surface area contributed by atoms with E-state index in [-0.39, 0.29) is 0 Å². The predicted molar refractivity (Wildman–Crippen MR) is 106 cm³/mol. The van der Waals surface area contributed by atoms with Gasteiger partial charge in [0, 0.05) is 50.9 Å². The normalized spacial score (nSPS) is 22.1. The zero-order valence-electron chi connectivity index (χ0n) is 15.9. The van der Waals surface area contributed by atoms with Gasteiger partial charge in [-0.3, -0.25) is 9.88 Å². The van der Waals surface area contributed by atoms with Crippen LogP contribution in [0.4, 0.5) is 5.82 Å². The van der Waals surface area contributed by atoms with Gasteiger partial charge in [-0.15, -0.1) is 0 Å². The molecule has 2 saturated heterocycles. The molecule has 0 unspecified atom stereocenters. The van der Waals surface area contributed by atoms with Crippen LogP contribution in [0.25, 0.3) is 11.3 Å². The van der Waals surface area contributed by atoms with E-state index in [1.807, 2.05) is 12.4 Å². The van der Waals surface area contributed by atoms with Crippen molar-refractivity contribution in [3.63, 3.8) is 0 Å². The third-order valence-electron chi connectivity index (χ3n) is 5.77. The first-order valence-corrected chi connectivity index (χ1v) is 9.78. The van der Waals surface area contributed by atoms with Crippen LogP contribution in [0.15, 0.2) is 36.7 Å². The van der Waals surface area contributed by atoms with E-state index in [1.54, 1.807) is 0 Å². The molecule has 3 heterocycles. The molecular formula is C21H29N5. The summed E-state index contributed by atoms with van der Waals surface area (Å²) >= 11 is 0. The van der Waals surface area contributed by atoms with Gasteiger partial charge >= 0.3 is 0 Å². The number of hydrogen-bond acceptors (Lipinski definition) is 5. The highest BCUT2D eigenvalue weighted by Gasteiger charge is 2.20. The minimum Gasteiger partial charge on any atom is -0.355 e. The van der Waals surface area contributed by atoms with Gasteiger partial charge in [0.15, 0.2) is 0 Å². The van der Waals surface area contributed by atoms with E-state index in [4.69, 9.17) is 0 Å². The molecule has 0 radical (unpaired) electrons. The molecule has 0 saturated carbocycles. The van der Waals surface area contributed by atoms with E-state index in [1.165, 1.54) is 18.4 Å². The first kappa shape index (κ1) is 17.4. The zero-order valence-corrected chi connectivity index (χ0v) is 15.9. The molecule has 26 heavy (non-hydrogen) atoms. The summed E-state index contributed by atoms with van der Waals surface area (Å²) in [4.78, 5) is 16.6. The summed E-state index contributed by atoms with van der Waals surface area (Å²) in [5.41, 5.74) is 3.46. The van der Waals surface area contributed by atoms with Crippen LogP contribution in [-0.4, -0.2) is 65.6 Å². The summed E-state index contributed by atoms with van der Waals surface area (Å²) in [6.45, 7) is 8.98. The lowest BCUT2D eigenvalue weighted by Crippen LogP contribution is -2.49. The maximum Gasteiger partial charge on any atom is 0.147 e. The van der Waals surface area contributed by atoms with Gasteiger partial charge in [0.25, 0.3) is 0 Å². The highest BCUT2D eigenvalue weighted by molar-refractivity contribution is 5.59. The van der Waals surface area contributed by atoms with E-state index in [0.717, 1.165) is 56.3 Å². The molecule has 0 amide bonds. The molecular weight excluding hydrogens is 322 g/mol. The fraction of sp³-hybridized carbons (Fsp3) is 0.524. The van der Waals surface area contributed by atoms with Crippen molar-refractivity contribution in [3.05, 3.63) is 42.2 Å². The monoisotopic (exact) mass is 351 g/mol. The van der Waals surface area contributed by atoms with E-state index in [0.29, 0.717) is 6.04 Å². The predicted octanol–water partition coefficient (Wildman–Crippen LogP) is 2.88. The minimum atomic E-state index is 0.632. The Morgan fingerprint density at radius 1 is 0.962 bits per heavy atom. The minimum absolute atomic E-state index is 0.632. The van der Waals surface area contributed by atoms with Crippen LogP contribution in [-0.2, 0) is 6.54 Å². The van der Waals surface area contributed by atoms with Crippen molar-refractivity contribution < 1.29 is 0 Å².